The van der Waals surface area contributed by atoms with Crippen LogP contribution in [0, 0.1) is 28.6 Å². The Hall–Kier alpha value is -2.03. The summed E-state index contributed by atoms with van der Waals surface area (Å²) in [4.78, 5) is 38.1. The van der Waals surface area contributed by atoms with Gasteiger partial charge in [0.05, 0.1) is 6.10 Å². The Balaban J connectivity index is 1.81. The predicted molar refractivity (Wildman–Crippen MR) is 127 cm³/mol. The largest absolute Gasteiger partial charge is 0.450 e. The molecule has 9 atom stereocenters. The first-order valence-electron chi connectivity index (χ1n) is 13.2. The van der Waals surface area contributed by atoms with Gasteiger partial charge in [0.1, 0.15) is 6.17 Å². The fourth-order valence-corrected chi connectivity index (χ4v) is 8.33. The second-order valence-electron chi connectivity index (χ2n) is 11.8. The fraction of sp³-hybridized carbons (Fsp3) is 0.750. The number of hydrogen-bond donors (Lipinski definition) is 1. The zero-order valence-electron chi connectivity index (χ0n) is 21.8. The smallest absolute Gasteiger partial charge is 0.306 e. The van der Waals surface area contributed by atoms with Crippen molar-refractivity contribution in [3.63, 3.8) is 0 Å². The Labute approximate surface area is 214 Å². The van der Waals surface area contributed by atoms with Gasteiger partial charge in [0.15, 0.2) is 23.8 Å². The minimum absolute atomic E-state index is 0.0263. The summed E-state index contributed by atoms with van der Waals surface area (Å²) in [5.41, 5.74) is -8.46. The molecular weight excluding hydrogens is 492 g/mol. The summed E-state index contributed by atoms with van der Waals surface area (Å²) in [6.45, 7) is 5.04. The molecule has 0 unspecified atom stereocenters. The van der Waals surface area contributed by atoms with Crippen molar-refractivity contribution in [3.8, 4) is 0 Å². The molecule has 0 amide bonds. The van der Waals surface area contributed by atoms with E-state index in [1.807, 2.05) is 6.92 Å². The SMILES string of the molecule is CCCCCC(=O)O[C@]1(C(=O)CF)[C@@H](C)C[C@H]2[C@@H]3C[C@H](F)C4=C(F)C(=O)C=C[C@]4(C)[C@@]3(F)[C@@H](O)C[C@@]21C. The van der Waals surface area contributed by atoms with Crippen molar-refractivity contribution in [2.45, 2.75) is 96.2 Å². The molecule has 0 aromatic heterocycles. The lowest BCUT2D eigenvalue weighted by Crippen LogP contribution is -2.71. The molecule has 4 aliphatic rings. The van der Waals surface area contributed by atoms with Gasteiger partial charge < -0.3 is 9.84 Å². The summed E-state index contributed by atoms with van der Waals surface area (Å²) < 4.78 is 67.6. The Morgan fingerprint density at radius 1 is 1.19 bits per heavy atom. The summed E-state index contributed by atoms with van der Waals surface area (Å²) in [6.07, 6.45) is -0.448. The van der Waals surface area contributed by atoms with Crippen LogP contribution in [0.2, 0.25) is 0 Å². The summed E-state index contributed by atoms with van der Waals surface area (Å²) >= 11 is 0. The Morgan fingerprint density at radius 2 is 1.86 bits per heavy atom. The number of fused-ring (bicyclic) bond motifs is 5. The van der Waals surface area contributed by atoms with Crippen LogP contribution in [0.4, 0.5) is 17.6 Å². The van der Waals surface area contributed by atoms with Gasteiger partial charge in [-0.05, 0) is 44.6 Å². The van der Waals surface area contributed by atoms with Crippen LogP contribution in [0.5, 0.6) is 0 Å². The van der Waals surface area contributed by atoms with Gasteiger partial charge in [0.25, 0.3) is 0 Å². The number of aliphatic hydroxyl groups excluding tert-OH is 1. The van der Waals surface area contributed by atoms with Crippen molar-refractivity contribution >= 4 is 17.5 Å². The first-order valence-corrected chi connectivity index (χ1v) is 13.2. The lowest BCUT2D eigenvalue weighted by atomic mass is 9.44. The molecule has 9 heteroatoms. The first-order chi connectivity index (χ1) is 17.3. The van der Waals surface area contributed by atoms with Crippen molar-refractivity contribution in [1.29, 1.82) is 0 Å². The zero-order valence-corrected chi connectivity index (χ0v) is 21.8. The molecule has 0 heterocycles. The van der Waals surface area contributed by atoms with Gasteiger partial charge in [-0.2, -0.15) is 0 Å². The highest BCUT2D eigenvalue weighted by atomic mass is 19.2. The van der Waals surface area contributed by atoms with E-state index in [0.717, 1.165) is 25.0 Å². The molecule has 4 aliphatic carbocycles. The Kier molecular flexibility index (Phi) is 7.04. The van der Waals surface area contributed by atoms with Gasteiger partial charge in [0, 0.05) is 34.7 Å². The van der Waals surface area contributed by atoms with E-state index in [4.69, 9.17) is 4.74 Å². The molecule has 4 rings (SSSR count). The van der Waals surface area contributed by atoms with Crippen LogP contribution in [0.15, 0.2) is 23.6 Å². The monoisotopic (exact) mass is 528 g/mol. The predicted octanol–water partition coefficient (Wildman–Crippen LogP) is 5.25. The normalized spacial score (nSPS) is 44.8. The van der Waals surface area contributed by atoms with Crippen LogP contribution in [0.1, 0.15) is 72.6 Å². The van der Waals surface area contributed by atoms with Crippen LogP contribution in [0.25, 0.3) is 0 Å². The third kappa shape index (κ3) is 3.54. The molecule has 0 aromatic rings. The van der Waals surface area contributed by atoms with E-state index >= 15 is 8.78 Å². The number of hydrogen-bond acceptors (Lipinski definition) is 5. The highest BCUT2D eigenvalue weighted by Gasteiger charge is 2.78. The number of unbranched alkanes of at least 4 members (excludes halogenated alkanes) is 2. The van der Waals surface area contributed by atoms with Crippen LogP contribution in [-0.2, 0) is 19.1 Å². The minimum atomic E-state index is -2.57. The molecular formula is C28H36F4O5. The highest BCUT2D eigenvalue weighted by molar-refractivity contribution is 6.04. The van der Waals surface area contributed by atoms with Gasteiger partial charge in [-0.25, -0.2) is 17.6 Å². The number of carbonyl (C=O) groups excluding carboxylic acids is 3. The van der Waals surface area contributed by atoms with Crippen molar-refractivity contribution in [2.24, 2.45) is 28.6 Å². The van der Waals surface area contributed by atoms with E-state index in [0.29, 0.717) is 6.42 Å². The molecule has 5 nitrogen and oxygen atoms in total. The molecule has 0 aromatic carbocycles. The highest BCUT2D eigenvalue weighted by Crippen LogP contribution is 2.72. The molecule has 0 aliphatic heterocycles. The molecule has 3 fully saturated rings. The van der Waals surface area contributed by atoms with Crippen molar-refractivity contribution in [3.05, 3.63) is 23.6 Å². The van der Waals surface area contributed by atoms with Crippen molar-refractivity contribution in [2.75, 3.05) is 6.67 Å². The quantitative estimate of drug-likeness (QED) is 0.277. The molecule has 3 saturated carbocycles. The number of Topliss-reactive ketones (excluding diaryl/α,β-unsaturated/α-hetero) is 1. The average Bonchev–Trinajstić information content (AvgIpc) is 3.05. The second kappa shape index (κ2) is 9.31. The topological polar surface area (TPSA) is 80.7 Å². The van der Waals surface area contributed by atoms with Crippen molar-refractivity contribution in [1.82, 2.24) is 0 Å². The summed E-state index contributed by atoms with van der Waals surface area (Å²) in [6, 6.07) is 0. The van der Waals surface area contributed by atoms with Crippen LogP contribution < -0.4 is 0 Å². The minimum Gasteiger partial charge on any atom is -0.450 e. The molecule has 0 bridgehead atoms. The van der Waals surface area contributed by atoms with Gasteiger partial charge in [0.2, 0.25) is 11.6 Å². The molecule has 1 N–H and O–H groups in total. The van der Waals surface area contributed by atoms with E-state index in [1.165, 1.54) is 6.92 Å². The number of allylic oxidation sites excluding steroid dienone is 4. The number of aliphatic hydroxyl groups is 1. The number of ether oxygens (including phenoxy) is 1. The summed E-state index contributed by atoms with van der Waals surface area (Å²) in [5, 5.41) is 11.4. The molecule has 0 spiro atoms. The van der Waals surface area contributed by atoms with E-state index in [2.05, 4.69) is 0 Å². The Morgan fingerprint density at radius 3 is 2.49 bits per heavy atom. The maximum Gasteiger partial charge on any atom is 0.306 e. The third-order valence-corrected chi connectivity index (χ3v) is 10.0. The number of rotatable bonds is 7. The molecule has 0 saturated heterocycles. The fourth-order valence-electron chi connectivity index (χ4n) is 8.33. The molecule has 37 heavy (non-hydrogen) atoms. The van der Waals surface area contributed by atoms with E-state index in [1.54, 1.807) is 13.8 Å². The van der Waals surface area contributed by atoms with Gasteiger partial charge >= 0.3 is 5.97 Å². The van der Waals surface area contributed by atoms with Crippen LogP contribution in [0.3, 0.4) is 0 Å². The maximum atomic E-state index is 17.3. The lowest BCUT2D eigenvalue weighted by Gasteiger charge is -2.63. The summed E-state index contributed by atoms with van der Waals surface area (Å²) in [5.74, 6) is -6.73. The van der Waals surface area contributed by atoms with E-state index in [-0.39, 0.29) is 19.3 Å². The van der Waals surface area contributed by atoms with Crippen LogP contribution >= 0.6 is 0 Å². The summed E-state index contributed by atoms with van der Waals surface area (Å²) in [7, 11) is 0. The number of ketones is 2. The molecule has 206 valence electrons. The van der Waals surface area contributed by atoms with Crippen molar-refractivity contribution < 1.29 is 41.8 Å². The van der Waals surface area contributed by atoms with Gasteiger partial charge in [-0.3, -0.25) is 14.4 Å². The third-order valence-electron chi connectivity index (χ3n) is 10.0. The maximum absolute atomic E-state index is 17.3. The number of esters is 1. The van der Waals surface area contributed by atoms with Gasteiger partial charge in [-0.1, -0.05) is 39.7 Å². The van der Waals surface area contributed by atoms with Crippen LogP contribution in [-0.4, -0.2) is 52.9 Å². The van der Waals surface area contributed by atoms with E-state index in [9.17, 15) is 28.3 Å². The zero-order chi connectivity index (χ0) is 27.6. The number of alkyl halides is 3. The first kappa shape index (κ1) is 28.0. The average molecular weight is 529 g/mol. The Bertz CT molecular complexity index is 1060. The lowest BCUT2D eigenvalue weighted by molar-refractivity contribution is -0.231. The molecule has 0 radical (unpaired) electrons. The van der Waals surface area contributed by atoms with E-state index < -0.39 is 94.2 Å². The number of halogens is 4. The second-order valence-corrected chi connectivity index (χ2v) is 11.8. The standard InChI is InChI=1S/C28H36F4O5/c1-5-6-7-8-22(36)37-28(21(35)14-29)15(2)11-16-17-12-18(30)23-24(31)19(33)9-10-25(23,3)27(17,32)20(34)13-26(16,28)4/h9-10,15-18,20,34H,5-8,11-14H2,1-4H3/t15-,16-,17-,18-,20-,25-,26-,27-,28-/m0/s1. The number of carbonyl (C=O) groups is 3. The van der Waals surface area contributed by atoms with Gasteiger partial charge in [-0.15, -0.1) is 0 Å².